The summed E-state index contributed by atoms with van der Waals surface area (Å²) in [5.41, 5.74) is 0.235. The van der Waals surface area contributed by atoms with Gasteiger partial charge in [0, 0.05) is 42.9 Å². The Balaban J connectivity index is 1.57. The molecule has 1 saturated heterocycles. The fourth-order valence-electron chi connectivity index (χ4n) is 2.72. The minimum absolute atomic E-state index is 0.119. The Labute approximate surface area is 174 Å². The second-order valence-corrected chi connectivity index (χ2v) is 9.89. The molecule has 0 atom stereocenters. The van der Waals surface area contributed by atoms with Crippen LogP contribution in [0, 0.1) is 0 Å². The molecule has 1 N–H and O–H groups in total. The third-order valence-corrected chi connectivity index (χ3v) is 7.42. The van der Waals surface area contributed by atoms with Gasteiger partial charge in [-0.15, -0.1) is 0 Å². The number of nitrogens with one attached hydrogen (secondary N) is 1. The van der Waals surface area contributed by atoms with Crippen molar-refractivity contribution in [1.82, 2.24) is 14.2 Å². The van der Waals surface area contributed by atoms with Crippen LogP contribution in [0.15, 0.2) is 41.4 Å². The molecule has 0 radical (unpaired) electrons. The molecule has 0 unspecified atom stereocenters. The zero-order valence-corrected chi connectivity index (χ0v) is 17.8. The molecule has 2 aromatic rings. The Morgan fingerprint density at radius 3 is 2.64 bits per heavy atom. The lowest BCUT2D eigenvalue weighted by molar-refractivity contribution is 0.0768. The number of aromatic nitrogens is 1. The lowest BCUT2D eigenvalue weighted by atomic mass is 10.3. The Morgan fingerprint density at radius 2 is 1.96 bits per heavy atom. The number of ether oxygens (including phenoxy) is 1. The number of thioether (sulfide) groups is 1. The summed E-state index contributed by atoms with van der Waals surface area (Å²) < 4.78 is 32.4. The number of sulfonamides is 1. The summed E-state index contributed by atoms with van der Waals surface area (Å²) in [5, 5.41) is 0.625. The first-order chi connectivity index (χ1) is 13.4. The van der Waals surface area contributed by atoms with Crippen LogP contribution in [0.1, 0.15) is 10.5 Å². The van der Waals surface area contributed by atoms with E-state index in [4.69, 9.17) is 16.3 Å². The first-order valence-corrected chi connectivity index (χ1v) is 11.8. The maximum absolute atomic E-state index is 12.7. The van der Waals surface area contributed by atoms with Crippen molar-refractivity contribution in [2.24, 2.45) is 0 Å². The van der Waals surface area contributed by atoms with Crippen molar-refractivity contribution >= 4 is 39.3 Å². The van der Waals surface area contributed by atoms with E-state index in [1.807, 2.05) is 0 Å². The van der Waals surface area contributed by atoms with Gasteiger partial charge in [0.25, 0.3) is 5.91 Å². The average Bonchev–Trinajstić information content (AvgIpc) is 3.20. The summed E-state index contributed by atoms with van der Waals surface area (Å²) in [4.78, 5) is 16.9. The van der Waals surface area contributed by atoms with E-state index in [9.17, 15) is 13.2 Å². The lowest BCUT2D eigenvalue weighted by Crippen LogP contribution is -2.37. The fraction of sp³-hybridized carbons (Fsp3) is 0.389. The molecule has 1 aliphatic rings. The van der Waals surface area contributed by atoms with Crippen molar-refractivity contribution in [3.63, 3.8) is 0 Å². The maximum atomic E-state index is 12.7. The number of halogens is 1. The van der Waals surface area contributed by atoms with Crippen LogP contribution < -0.4 is 4.74 Å². The van der Waals surface area contributed by atoms with Gasteiger partial charge in [-0.2, -0.15) is 16.1 Å². The zero-order chi connectivity index (χ0) is 20.1. The van der Waals surface area contributed by atoms with E-state index in [0.717, 1.165) is 11.5 Å². The molecule has 1 amide bonds. The number of carbonyl (C=O) groups excluding carboxylic acids is 1. The van der Waals surface area contributed by atoms with Crippen LogP contribution in [0.2, 0.25) is 5.02 Å². The monoisotopic (exact) mass is 443 g/mol. The Morgan fingerprint density at radius 1 is 1.29 bits per heavy atom. The minimum Gasteiger partial charge on any atom is -0.492 e. The summed E-state index contributed by atoms with van der Waals surface area (Å²) in [6.07, 6.45) is 1.38. The van der Waals surface area contributed by atoms with E-state index in [1.54, 1.807) is 43.1 Å². The third kappa shape index (κ3) is 5.02. The van der Waals surface area contributed by atoms with Gasteiger partial charge < -0.3 is 14.6 Å². The molecule has 7 nitrogen and oxygen atoms in total. The van der Waals surface area contributed by atoms with Gasteiger partial charge in [-0.3, -0.25) is 4.79 Å². The molecule has 1 aliphatic heterocycles. The molecule has 0 aliphatic carbocycles. The zero-order valence-electron chi connectivity index (χ0n) is 15.4. The molecule has 0 saturated carbocycles. The van der Waals surface area contributed by atoms with Gasteiger partial charge in [0.15, 0.2) is 0 Å². The SMILES string of the molecule is CN(CCOc1ccc(Cl)cc1)C(=O)c1cc(S(=O)(=O)N2CCSCC2)c[nH]1. The number of benzene rings is 1. The van der Waals surface area contributed by atoms with Gasteiger partial charge in [-0.1, -0.05) is 11.6 Å². The van der Waals surface area contributed by atoms with Crippen LogP contribution in [-0.4, -0.2) is 73.3 Å². The van der Waals surface area contributed by atoms with E-state index >= 15 is 0 Å². The van der Waals surface area contributed by atoms with Crippen LogP contribution in [0.4, 0.5) is 0 Å². The topological polar surface area (TPSA) is 82.7 Å². The predicted molar refractivity (Wildman–Crippen MR) is 111 cm³/mol. The molecule has 0 bridgehead atoms. The highest BCUT2D eigenvalue weighted by Gasteiger charge is 2.28. The molecule has 3 rings (SSSR count). The number of hydrogen-bond donors (Lipinski definition) is 1. The lowest BCUT2D eigenvalue weighted by Gasteiger charge is -2.24. The number of carbonyl (C=O) groups is 1. The van der Waals surface area contributed by atoms with Crippen molar-refractivity contribution in [2.75, 3.05) is 44.8 Å². The van der Waals surface area contributed by atoms with Crippen LogP contribution in [-0.2, 0) is 10.0 Å². The maximum Gasteiger partial charge on any atom is 0.270 e. The number of H-pyrrole nitrogens is 1. The minimum atomic E-state index is -3.57. The molecular formula is C18H22ClN3O4S2. The molecular weight excluding hydrogens is 422 g/mol. The van der Waals surface area contributed by atoms with Crippen LogP contribution in [0.5, 0.6) is 5.75 Å². The largest absolute Gasteiger partial charge is 0.492 e. The van der Waals surface area contributed by atoms with Crippen LogP contribution in [0.25, 0.3) is 0 Å². The molecule has 152 valence electrons. The summed E-state index contributed by atoms with van der Waals surface area (Å²) in [7, 11) is -1.93. The number of likely N-dealkylation sites (N-methyl/N-ethyl adjacent to an activating group) is 1. The number of rotatable bonds is 7. The van der Waals surface area contributed by atoms with Gasteiger partial charge in [-0.25, -0.2) is 8.42 Å². The normalized spacial score (nSPS) is 15.4. The highest BCUT2D eigenvalue weighted by Crippen LogP contribution is 2.21. The second kappa shape index (κ2) is 9.21. The molecule has 10 heteroatoms. The summed E-state index contributed by atoms with van der Waals surface area (Å²) in [6, 6.07) is 8.37. The number of nitrogens with zero attached hydrogens (tertiary/aromatic N) is 2. The molecule has 1 aromatic carbocycles. The number of aromatic amines is 1. The summed E-state index contributed by atoms with van der Waals surface area (Å²) in [6.45, 7) is 1.64. The Bertz CT molecular complexity index is 909. The third-order valence-electron chi connectivity index (χ3n) is 4.35. The van der Waals surface area contributed by atoms with E-state index < -0.39 is 10.0 Å². The van der Waals surface area contributed by atoms with Gasteiger partial charge in [0.1, 0.15) is 22.9 Å². The van der Waals surface area contributed by atoms with E-state index in [2.05, 4.69) is 4.98 Å². The first kappa shape index (κ1) is 21.0. The predicted octanol–water partition coefficient (Wildman–Crippen LogP) is 2.56. The number of hydrogen-bond acceptors (Lipinski definition) is 5. The van der Waals surface area contributed by atoms with Crippen molar-refractivity contribution in [1.29, 1.82) is 0 Å². The van der Waals surface area contributed by atoms with Crippen LogP contribution in [0.3, 0.4) is 0 Å². The molecule has 28 heavy (non-hydrogen) atoms. The fourth-order valence-corrected chi connectivity index (χ4v) is 5.42. The highest BCUT2D eigenvalue weighted by atomic mass is 35.5. The Kier molecular flexibility index (Phi) is 6.92. The van der Waals surface area contributed by atoms with Crippen molar-refractivity contribution in [2.45, 2.75) is 4.90 Å². The Hall–Kier alpha value is -1.68. The highest BCUT2D eigenvalue weighted by molar-refractivity contribution is 7.99. The molecule has 2 heterocycles. The summed E-state index contributed by atoms with van der Waals surface area (Å²) >= 11 is 7.57. The molecule has 1 fully saturated rings. The van der Waals surface area contributed by atoms with Crippen molar-refractivity contribution < 1.29 is 17.9 Å². The van der Waals surface area contributed by atoms with Gasteiger partial charge >= 0.3 is 0 Å². The van der Waals surface area contributed by atoms with Crippen LogP contribution >= 0.6 is 23.4 Å². The number of amides is 1. The summed E-state index contributed by atoms with van der Waals surface area (Å²) in [5.74, 6) is 1.94. The van der Waals surface area contributed by atoms with E-state index in [1.165, 1.54) is 21.5 Å². The smallest absolute Gasteiger partial charge is 0.270 e. The molecule has 0 spiro atoms. The first-order valence-electron chi connectivity index (χ1n) is 8.78. The van der Waals surface area contributed by atoms with Crippen molar-refractivity contribution in [3.05, 3.63) is 47.2 Å². The van der Waals surface area contributed by atoms with Crippen molar-refractivity contribution in [3.8, 4) is 5.75 Å². The average molecular weight is 444 g/mol. The van der Waals surface area contributed by atoms with E-state index in [-0.39, 0.29) is 16.5 Å². The van der Waals surface area contributed by atoms with Gasteiger partial charge in [0.2, 0.25) is 10.0 Å². The van der Waals surface area contributed by atoms with E-state index in [0.29, 0.717) is 37.0 Å². The quantitative estimate of drug-likeness (QED) is 0.711. The molecule has 1 aromatic heterocycles. The standard InChI is InChI=1S/C18H22ClN3O4S2/c1-21(6-9-26-15-4-2-14(19)3-5-15)18(23)17-12-16(13-20-17)28(24,25)22-7-10-27-11-8-22/h2-5,12-13,20H,6-11H2,1H3. The second-order valence-electron chi connectivity index (χ2n) is 6.29. The van der Waals surface area contributed by atoms with Gasteiger partial charge in [-0.05, 0) is 30.3 Å². The van der Waals surface area contributed by atoms with Gasteiger partial charge in [0.05, 0.1) is 6.54 Å².